The Morgan fingerprint density at radius 3 is 2.53 bits per heavy atom. The van der Waals surface area contributed by atoms with Crippen LogP contribution in [-0.4, -0.2) is 13.0 Å². The van der Waals surface area contributed by atoms with E-state index in [0.29, 0.717) is 5.69 Å². The van der Waals surface area contributed by atoms with Crippen molar-refractivity contribution >= 4 is 11.6 Å². The van der Waals surface area contributed by atoms with Crippen LogP contribution >= 0.6 is 0 Å². The van der Waals surface area contributed by atoms with Crippen LogP contribution in [0, 0.1) is 18.6 Å². The highest BCUT2D eigenvalue weighted by Gasteiger charge is 2.17. The van der Waals surface area contributed by atoms with Gasteiger partial charge in [-0.1, -0.05) is 17.7 Å². The lowest BCUT2D eigenvalue weighted by Crippen LogP contribution is -2.27. The Kier molecular flexibility index (Phi) is 3.60. The van der Waals surface area contributed by atoms with Crippen molar-refractivity contribution in [2.45, 2.75) is 6.92 Å². The summed E-state index contributed by atoms with van der Waals surface area (Å²) in [5, 5.41) is 0. The average Bonchev–Trinajstić information content (AvgIpc) is 2.40. The molecule has 0 unspecified atom stereocenters. The number of halogens is 2. The van der Waals surface area contributed by atoms with Crippen LogP contribution in [0.3, 0.4) is 0 Å². The predicted molar refractivity (Wildman–Crippen MR) is 70.3 cm³/mol. The molecular weight excluding hydrogens is 248 g/mol. The lowest BCUT2D eigenvalue weighted by Gasteiger charge is -2.18. The summed E-state index contributed by atoms with van der Waals surface area (Å²) in [6, 6.07) is 9.93. The Morgan fingerprint density at radius 1 is 1.11 bits per heavy atom. The number of hydrogen-bond acceptors (Lipinski definition) is 1. The third kappa shape index (κ3) is 2.78. The molecule has 0 bridgehead atoms. The third-order valence-electron chi connectivity index (χ3n) is 2.85. The smallest absolute Gasteiger partial charge is 0.260 e. The van der Waals surface area contributed by atoms with Crippen molar-refractivity contribution in [2.24, 2.45) is 0 Å². The molecule has 2 aromatic carbocycles. The van der Waals surface area contributed by atoms with Gasteiger partial charge in [0.2, 0.25) is 0 Å². The van der Waals surface area contributed by atoms with Gasteiger partial charge in [-0.25, -0.2) is 8.78 Å². The van der Waals surface area contributed by atoms with Crippen molar-refractivity contribution in [2.75, 3.05) is 11.9 Å². The predicted octanol–water partition coefficient (Wildman–Crippen LogP) is 3.55. The molecule has 0 aliphatic heterocycles. The second-order valence-electron chi connectivity index (χ2n) is 4.33. The minimum Gasteiger partial charge on any atom is -0.311 e. The van der Waals surface area contributed by atoms with E-state index in [1.54, 1.807) is 19.1 Å². The number of nitrogens with zero attached hydrogens (tertiary/aromatic N) is 1. The number of anilines is 1. The summed E-state index contributed by atoms with van der Waals surface area (Å²) in [6.45, 7) is 1.78. The van der Waals surface area contributed by atoms with Gasteiger partial charge < -0.3 is 4.90 Å². The summed E-state index contributed by atoms with van der Waals surface area (Å²) in [4.78, 5) is 13.4. The molecule has 0 atom stereocenters. The maximum Gasteiger partial charge on any atom is 0.260 e. The van der Waals surface area contributed by atoms with Crippen LogP contribution in [0.5, 0.6) is 0 Å². The van der Waals surface area contributed by atoms with Crippen molar-refractivity contribution in [1.29, 1.82) is 0 Å². The molecular formula is C15H13F2NO. The highest BCUT2D eigenvalue weighted by atomic mass is 19.1. The first-order valence-corrected chi connectivity index (χ1v) is 5.79. The van der Waals surface area contributed by atoms with Crippen LogP contribution in [0.1, 0.15) is 15.9 Å². The summed E-state index contributed by atoms with van der Waals surface area (Å²) < 4.78 is 26.8. The second kappa shape index (κ2) is 5.18. The van der Waals surface area contributed by atoms with E-state index < -0.39 is 17.5 Å². The van der Waals surface area contributed by atoms with E-state index in [-0.39, 0.29) is 5.56 Å². The van der Waals surface area contributed by atoms with Crippen LogP contribution in [0.2, 0.25) is 0 Å². The van der Waals surface area contributed by atoms with Gasteiger partial charge in [-0.3, -0.25) is 4.79 Å². The van der Waals surface area contributed by atoms with Crippen molar-refractivity contribution < 1.29 is 13.6 Å². The Bertz CT molecular complexity index is 625. The van der Waals surface area contributed by atoms with Gasteiger partial charge in [-0.2, -0.15) is 0 Å². The number of benzene rings is 2. The van der Waals surface area contributed by atoms with Gasteiger partial charge in [0.1, 0.15) is 11.6 Å². The van der Waals surface area contributed by atoms with Gasteiger partial charge in [0.25, 0.3) is 5.91 Å². The molecule has 98 valence electrons. The largest absolute Gasteiger partial charge is 0.311 e. The number of hydrogen-bond donors (Lipinski definition) is 0. The summed E-state index contributed by atoms with van der Waals surface area (Å²) in [7, 11) is 1.48. The fraction of sp³-hybridized carbons (Fsp3) is 0.133. The number of aryl methyl sites for hydroxylation is 1. The van der Waals surface area contributed by atoms with Gasteiger partial charge in [-0.15, -0.1) is 0 Å². The Balaban J connectivity index is 2.36. The molecule has 0 aromatic heterocycles. The van der Waals surface area contributed by atoms with Crippen molar-refractivity contribution in [3.8, 4) is 0 Å². The molecule has 0 aliphatic carbocycles. The Morgan fingerprint density at radius 2 is 1.84 bits per heavy atom. The molecule has 2 nitrogen and oxygen atoms in total. The van der Waals surface area contributed by atoms with Gasteiger partial charge in [0.15, 0.2) is 0 Å². The summed E-state index contributed by atoms with van der Waals surface area (Å²) in [6.07, 6.45) is 0. The van der Waals surface area contributed by atoms with Gasteiger partial charge >= 0.3 is 0 Å². The zero-order chi connectivity index (χ0) is 14.0. The molecule has 0 fully saturated rings. The molecule has 4 heteroatoms. The van der Waals surface area contributed by atoms with E-state index in [4.69, 9.17) is 0 Å². The van der Waals surface area contributed by atoms with Crippen LogP contribution in [0.15, 0.2) is 42.5 Å². The quantitative estimate of drug-likeness (QED) is 0.809. The molecule has 2 aromatic rings. The highest BCUT2D eigenvalue weighted by Crippen LogP contribution is 2.19. The van der Waals surface area contributed by atoms with Crippen molar-refractivity contribution in [3.05, 3.63) is 65.2 Å². The van der Waals surface area contributed by atoms with Crippen LogP contribution < -0.4 is 4.90 Å². The summed E-state index contributed by atoms with van der Waals surface area (Å²) >= 11 is 0. The lowest BCUT2D eigenvalue weighted by atomic mass is 10.1. The fourth-order valence-corrected chi connectivity index (χ4v) is 1.79. The van der Waals surface area contributed by atoms with Crippen molar-refractivity contribution in [1.82, 2.24) is 0 Å². The molecule has 2 rings (SSSR count). The highest BCUT2D eigenvalue weighted by molar-refractivity contribution is 6.06. The van der Waals surface area contributed by atoms with Crippen molar-refractivity contribution in [3.63, 3.8) is 0 Å². The normalized spacial score (nSPS) is 10.3. The summed E-state index contributed by atoms with van der Waals surface area (Å²) in [5.74, 6) is -1.53. The van der Waals surface area contributed by atoms with Crippen LogP contribution in [0.25, 0.3) is 0 Å². The topological polar surface area (TPSA) is 20.3 Å². The minimum absolute atomic E-state index is 0.0215. The number of amides is 1. The molecule has 1 amide bonds. The first-order chi connectivity index (χ1) is 8.99. The second-order valence-corrected chi connectivity index (χ2v) is 4.33. The molecule has 0 radical (unpaired) electrons. The van der Waals surface area contributed by atoms with E-state index in [9.17, 15) is 13.6 Å². The lowest BCUT2D eigenvalue weighted by molar-refractivity contribution is 0.0989. The maximum absolute atomic E-state index is 13.7. The van der Waals surface area contributed by atoms with Crippen LogP contribution in [-0.2, 0) is 0 Å². The van der Waals surface area contributed by atoms with E-state index in [0.717, 1.165) is 5.56 Å². The van der Waals surface area contributed by atoms with Gasteiger partial charge in [0, 0.05) is 12.7 Å². The van der Waals surface area contributed by atoms with E-state index >= 15 is 0 Å². The number of carbonyl (C=O) groups excluding carboxylic acids is 1. The SMILES string of the molecule is Cc1ccc(F)c(C(=O)N(C)c2cccc(F)c2)c1. The molecule has 0 saturated carbocycles. The monoisotopic (exact) mass is 261 g/mol. The molecule has 0 aliphatic rings. The van der Waals surface area contributed by atoms with Gasteiger partial charge in [0.05, 0.1) is 5.56 Å². The fourth-order valence-electron chi connectivity index (χ4n) is 1.79. The first-order valence-electron chi connectivity index (χ1n) is 5.79. The molecule has 0 saturated heterocycles. The van der Waals surface area contributed by atoms with E-state index in [1.807, 2.05) is 0 Å². The number of rotatable bonds is 2. The Labute approximate surface area is 110 Å². The molecule has 0 spiro atoms. The molecule has 0 N–H and O–H groups in total. The third-order valence-corrected chi connectivity index (χ3v) is 2.85. The zero-order valence-electron chi connectivity index (χ0n) is 10.7. The van der Waals surface area contributed by atoms with E-state index in [1.165, 1.54) is 42.3 Å². The zero-order valence-corrected chi connectivity index (χ0v) is 10.7. The van der Waals surface area contributed by atoms with E-state index in [2.05, 4.69) is 0 Å². The molecule has 19 heavy (non-hydrogen) atoms. The summed E-state index contributed by atoms with van der Waals surface area (Å²) in [5.41, 5.74) is 1.15. The number of carbonyl (C=O) groups is 1. The Hall–Kier alpha value is -2.23. The minimum atomic E-state index is -0.584. The first kappa shape index (κ1) is 13.2. The van der Waals surface area contributed by atoms with Crippen LogP contribution in [0.4, 0.5) is 14.5 Å². The molecule has 0 heterocycles. The van der Waals surface area contributed by atoms with Gasteiger partial charge in [-0.05, 0) is 37.3 Å². The maximum atomic E-state index is 13.7. The standard InChI is InChI=1S/C15H13F2NO/c1-10-6-7-14(17)13(8-10)15(19)18(2)12-5-3-4-11(16)9-12/h3-9H,1-2H3. The average molecular weight is 261 g/mol.